The van der Waals surface area contributed by atoms with Gasteiger partial charge in [0.25, 0.3) is 0 Å². The van der Waals surface area contributed by atoms with Crippen molar-refractivity contribution in [1.82, 2.24) is 4.90 Å². The first kappa shape index (κ1) is 10.9. The van der Waals surface area contributed by atoms with Crippen molar-refractivity contribution in [2.45, 2.75) is 19.4 Å². The van der Waals surface area contributed by atoms with Crippen LogP contribution in [0.25, 0.3) is 0 Å². The van der Waals surface area contributed by atoms with Crippen LogP contribution in [0.3, 0.4) is 0 Å². The lowest BCUT2D eigenvalue weighted by molar-refractivity contribution is 0.139. The summed E-state index contributed by atoms with van der Waals surface area (Å²) in [6.45, 7) is 4.64. The molecule has 3 nitrogen and oxygen atoms in total. The minimum Gasteiger partial charge on any atom is -0.383 e. The highest BCUT2D eigenvalue weighted by Gasteiger charge is 2.08. The lowest BCUT2D eigenvalue weighted by atomic mass is 10.2. The van der Waals surface area contributed by atoms with Crippen molar-refractivity contribution in [2.75, 3.05) is 33.9 Å². The van der Waals surface area contributed by atoms with E-state index in [1.165, 1.54) is 0 Å². The number of likely N-dealkylation sites (N-methyl/N-ethyl adjacent to an activating group) is 1. The predicted molar refractivity (Wildman–Crippen MR) is 47.6 cm³/mol. The van der Waals surface area contributed by atoms with E-state index in [4.69, 9.17) is 10.5 Å². The van der Waals surface area contributed by atoms with Crippen LogP contribution >= 0.6 is 0 Å². The zero-order valence-electron chi connectivity index (χ0n) is 7.84. The number of nitrogens with two attached hydrogens (primary N) is 1. The molecule has 0 saturated heterocycles. The summed E-state index contributed by atoms with van der Waals surface area (Å²) in [6.07, 6.45) is 1.11. The molecule has 0 aliphatic rings. The van der Waals surface area contributed by atoms with Crippen LogP contribution in [0.15, 0.2) is 0 Å². The summed E-state index contributed by atoms with van der Waals surface area (Å²) < 4.78 is 4.97. The minimum atomic E-state index is 0.505. The third-order valence-electron chi connectivity index (χ3n) is 2.01. The van der Waals surface area contributed by atoms with E-state index in [2.05, 4.69) is 18.9 Å². The molecule has 0 rings (SSSR count). The fourth-order valence-corrected chi connectivity index (χ4v) is 1.08. The highest BCUT2D eigenvalue weighted by molar-refractivity contribution is 4.66. The van der Waals surface area contributed by atoms with Gasteiger partial charge in [-0.05, 0) is 13.5 Å². The molecule has 3 heteroatoms. The molecule has 0 amide bonds. The van der Waals surface area contributed by atoms with Crippen LogP contribution in [0.5, 0.6) is 0 Å². The van der Waals surface area contributed by atoms with Crippen LogP contribution in [0.2, 0.25) is 0 Å². The molecule has 1 atom stereocenters. The largest absolute Gasteiger partial charge is 0.383 e. The average molecular weight is 160 g/mol. The van der Waals surface area contributed by atoms with E-state index in [0.29, 0.717) is 6.04 Å². The van der Waals surface area contributed by atoms with E-state index in [1.54, 1.807) is 7.11 Å². The molecule has 0 aromatic heterocycles. The number of hydrogen-bond acceptors (Lipinski definition) is 3. The average Bonchev–Trinajstić information content (AvgIpc) is 2.03. The van der Waals surface area contributed by atoms with Crippen molar-refractivity contribution in [3.05, 3.63) is 0 Å². The smallest absolute Gasteiger partial charge is 0.0589 e. The van der Waals surface area contributed by atoms with Crippen LogP contribution in [0, 0.1) is 0 Å². The summed E-state index contributed by atoms with van der Waals surface area (Å²) in [4.78, 5) is 2.24. The third kappa shape index (κ3) is 4.35. The maximum Gasteiger partial charge on any atom is 0.0589 e. The Kier molecular flexibility index (Phi) is 6.51. The first-order chi connectivity index (χ1) is 5.26. The van der Waals surface area contributed by atoms with Gasteiger partial charge >= 0.3 is 0 Å². The summed E-state index contributed by atoms with van der Waals surface area (Å²) in [7, 11) is 3.80. The molecule has 0 spiro atoms. The quantitative estimate of drug-likeness (QED) is 0.607. The molecule has 0 bridgehead atoms. The molecular weight excluding hydrogens is 140 g/mol. The van der Waals surface area contributed by atoms with Crippen molar-refractivity contribution in [3.63, 3.8) is 0 Å². The third-order valence-corrected chi connectivity index (χ3v) is 2.01. The summed E-state index contributed by atoms with van der Waals surface area (Å²) in [5.74, 6) is 0. The van der Waals surface area contributed by atoms with Crippen LogP contribution < -0.4 is 5.73 Å². The summed E-state index contributed by atoms with van der Waals surface area (Å²) >= 11 is 0. The maximum atomic E-state index is 5.57. The van der Waals surface area contributed by atoms with Gasteiger partial charge in [0.1, 0.15) is 0 Å². The van der Waals surface area contributed by atoms with E-state index < -0.39 is 0 Å². The Balaban J connectivity index is 3.51. The molecule has 1 unspecified atom stereocenters. The standard InChI is InChI=1S/C8H20N2O/c1-4-8(7-9)10(2)5-6-11-3/h8H,4-7,9H2,1-3H3. The molecule has 2 N–H and O–H groups in total. The number of nitrogens with zero attached hydrogens (tertiary/aromatic N) is 1. The van der Waals surface area contributed by atoms with Crippen molar-refractivity contribution >= 4 is 0 Å². The van der Waals surface area contributed by atoms with Gasteiger partial charge in [-0.3, -0.25) is 4.90 Å². The molecule has 0 saturated carbocycles. The summed E-state index contributed by atoms with van der Waals surface area (Å²) in [6, 6.07) is 0.505. The van der Waals surface area contributed by atoms with Gasteiger partial charge in [-0.15, -0.1) is 0 Å². The van der Waals surface area contributed by atoms with Gasteiger partial charge in [-0.1, -0.05) is 6.92 Å². The molecule has 0 fully saturated rings. The van der Waals surface area contributed by atoms with Gasteiger partial charge < -0.3 is 10.5 Å². The van der Waals surface area contributed by atoms with Gasteiger partial charge in [0.05, 0.1) is 6.61 Å². The lowest BCUT2D eigenvalue weighted by Crippen LogP contribution is -2.39. The molecule has 0 aromatic carbocycles. The zero-order chi connectivity index (χ0) is 8.69. The Hall–Kier alpha value is -0.120. The van der Waals surface area contributed by atoms with Crippen LogP contribution in [0.1, 0.15) is 13.3 Å². The van der Waals surface area contributed by atoms with Crippen molar-refractivity contribution in [3.8, 4) is 0 Å². The van der Waals surface area contributed by atoms with Crippen molar-refractivity contribution < 1.29 is 4.74 Å². The number of rotatable bonds is 6. The number of hydrogen-bond donors (Lipinski definition) is 1. The van der Waals surface area contributed by atoms with E-state index in [-0.39, 0.29) is 0 Å². The molecule has 0 aliphatic heterocycles. The molecule has 11 heavy (non-hydrogen) atoms. The van der Waals surface area contributed by atoms with Crippen LogP contribution in [-0.2, 0) is 4.74 Å². The van der Waals surface area contributed by atoms with Gasteiger partial charge in [0.2, 0.25) is 0 Å². The fraction of sp³-hybridized carbons (Fsp3) is 1.00. The Labute approximate surface area is 69.5 Å². The Morgan fingerprint density at radius 2 is 2.18 bits per heavy atom. The van der Waals surface area contributed by atoms with Crippen LogP contribution in [-0.4, -0.2) is 44.8 Å². The van der Waals surface area contributed by atoms with Crippen molar-refractivity contribution in [1.29, 1.82) is 0 Å². The second kappa shape index (κ2) is 6.58. The number of ether oxygens (including phenoxy) is 1. The van der Waals surface area contributed by atoms with Gasteiger partial charge in [-0.2, -0.15) is 0 Å². The molecular formula is C8H20N2O. The SMILES string of the molecule is CCC(CN)N(C)CCOC. The molecule has 68 valence electrons. The Morgan fingerprint density at radius 3 is 2.55 bits per heavy atom. The second-order valence-electron chi connectivity index (χ2n) is 2.77. The normalized spacial score (nSPS) is 13.9. The van der Waals surface area contributed by atoms with Crippen molar-refractivity contribution in [2.24, 2.45) is 5.73 Å². The first-order valence-electron chi connectivity index (χ1n) is 4.15. The second-order valence-corrected chi connectivity index (χ2v) is 2.77. The molecule has 0 heterocycles. The Morgan fingerprint density at radius 1 is 1.55 bits per heavy atom. The highest BCUT2D eigenvalue weighted by atomic mass is 16.5. The molecule has 0 radical (unpaired) electrons. The zero-order valence-corrected chi connectivity index (χ0v) is 7.84. The monoisotopic (exact) mass is 160 g/mol. The van der Waals surface area contributed by atoms with E-state index >= 15 is 0 Å². The van der Waals surface area contributed by atoms with Crippen LogP contribution in [0.4, 0.5) is 0 Å². The topological polar surface area (TPSA) is 38.5 Å². The van der Waals surface area contributed by atoms with E-state index in [1.807, 2.05) is 0 Å². The molecule has 0 aromatic rings. The molecule has 0 aliphatic carbocycles. The fourth-order valence-electron chi connectivity index (χ4n) is 1.08. The van der Waals surface area contributed by atoms with Gasteiger partial charge in [0.15, 0.2) is 0 Å². The summed E-state index contributed by atoms with van der Waals surface area (Å²) in [5.41, 5.74) is 5.57. The minimum absolute atomic E-state index is 0.505. The lowest BCUT2D eigenvalue weighted by Gasteiger charge is -2.25. The maximum absolute atomic E-state index is 5.57. The van der Waals surface area contributed by atoms with E-state index in [0.717, 1.165) is 26.1 Å². The van der Waals surface area contributed by atoms with E-state index in [9.17, 15) is 0 Å². The predicted octanol–water partition coefficient (Wildman–Crippen LogP) is 0.302. The first-order valence-corrected chi connectivity index (χ1v) is 4.15. The Bertz CT molecular complexity index is 84.2. The highest BCUT2D eigenvalue weighted by Crippen LogP contribution is 1.98. The number of methoxy groups -OCH3 is 1. The van der Waals surface area contributed by atoms with Gasteiger partial charge in [0, 0.05) is 26.2 Å². The summed E-state index contributed by atoms with van der Waals surface area (Å²) in [5, 5.41) is 0. The van der Waals surface area contributed by atoms with Gasteiger partial charge in [-0.25, -0.2) is 0 Å².